The van der Waals surface area contributed by atoms with E-state index in [2.05, 4.69) is 51.1 Å². The monoisotopic (exact) mass is 360 g/mol. The Hall–Kier alpha value is -1.89. The summed E-state index contributed by atoms with van der Waals surface area (Å²) in [5, 5.41) is 3.63. The SMILES string of the molecule is CCCCC(CC)CNC1=C/C(=C(/C#CN)C(=O)OCC)CC(C)(C)C1. The molecular formula is C22H36N2O2. The number of nitrogens with two attached hydrogens (primary N) is 1. The highest BCUT2D eigenvalue weighted by molar-refractivity contribution is 5.95. The highest BCUT2D eigenvalue weighted by Gasteiger charge is 2.29. The second-order valence-electron chi connectivity index (χ2n) is 7.87. The van der Waals surface area contributed by atoms with E-state index in [1.54, 1.807) is 6.92 Å². The zero-order valence-electron chi connectivity index (χ0n) is 17.2. The highest BCUT2D eigenvalue weighted by atomic mass is 16.5. The zero-order chi connectivity index (χ0) is 19.6. The summed E-state index contributed by atoms with van der Waals surface area (Å²) in [5.41, 5.74) is 7.94. The van der Waals surface area contributed by atoms with Gasteiger partial charge in [0.25, 0.3) is 0 Å². The van der Waals surface area contributed by atoms with Gasteiger partial charge in [-0.05, 0) is 55.1 Å². The van der Waals surface area contributed by atoms with Crippen LogP contribution < -0.4 is 11.1 Å². The summed E-state index contributed by atoms with van der Waals surface area (Å²) in [5.74, 6) is 3.06. The number of rotatable bonds is 9. The topological polar surface area (TPSA) is 64.3 Å². The Kier molecular flexibility index (Phi) is 9.34. The quantitative estimate of drug-likeness (QED) is 0.279. The minimum Gasteiger partial charge on any atom is -0.462 e. The van der Waals surface area contributed by atoms with Crippen molar-refractivity contribution in [3.8, 4) is 12.0 Å². The molecule has 4 nitrogen and oxygen atoms in total. The number of hydrogen-bond donors (Lipinski definition) is 2. The van der Waals surface area contributed by atoms with E-state index < -0.39 is 0 Å². The van der Waals surface area contributed by atoms with E-state index in [1.165, 1.54) is 31.4 Å². The van der Waals surface area contributed by atoms with Gasteiger partial charge in [-0.1, -0.05) is 47.0 Å². The molecule has 1 atom stereocenters. The number of unbranched alkanes of at least 4 members (excludes halogenated alkanes) is 1. The fourth-order valence-corrected chi connectivity index (χ4v) is 3.44. The largest absolute Gasteiger partial charge is 0.462 e. The lowest BCUT2D eigenvalue weighted by Gasteiger charge is -2.33. The van der Waals surface area contributed by atoms with Gasteiger partial charge in [0.2, 0.25) is 0 Å². The second-order valence-corrected chi connectivity index (χ2v) is 7.87. The van der Waals surface area contributed by atoms with Gasteiger partial charge in [0.1, 0.15) is 5.57 Å². The van der Waals surface area contributed by atoms with Crippen molar-refractivity contribution in [1.29, 1.82) is 0 Å². The van der Waals surface area contributed by atoms with Gasteiger partial charge in [0.15, 0.2) is 0 Å². The number of hydrogen-bond acceptors (Lipinski definition) is 4. The maximum Gasteiger partial charge on any atom is 0.347 e. The van der Waals surface area contributed by atoms with Crippen molar-refractivity contribution in [1.82, 2.24) is 5.32 Å². The summed E-state index contributed by atoms with van der Waals surface area (Å²) in [6.45, 7) is 12.0. The molecule has 146 valence electrons. The summed E-state index contributed by atoms with van der Waals surface area (Å²) in [6.07, 6.45) is 8.77. The Morgan fingerprint density at radius 3 is 2.65 bits per heavy atom. The molecule has 1 aliphatic carbocycles. The summed E-state index contributed by atoms with van der Waals surface area (Å²) in [6, 6.07) is 2.37. The third-order valence-corrected chi connectivity index (χ3v) is 4.85. The lowest BCUT2D eigenvalue weighted by atomic mass is 9.76. The molecule has 0 aromatic rings. The minimum atomic E-state index is -0.386. The average molecular weight is 361 g/mol. The normalized spacial score (nSPS) is 18.9. The number of carbonyl (C=O) groups is 1. The molecular weight excluding hydrogens is 324 g/mol. The van der Waals surface area contributed by atoms with Crippen LogP contribution in [0.2, 0.25) is 0 Å². The Morgan fingerprint density at radius 1 is 1.35 bits per heavy atom. The van der Waals surface area contributed by atoms with E-state index >= 15 is 0 Å². The lowest BCUT2D eigenvalue weighted by molar-refractivity contribution is -0.138. The molecule has 0 aromatic carbocycles. The molecule has 0 aromatic heterocycles. The van der Waals surface area contributed by atoms with Crippen molar-refractivity contribution >= 4 is 5.97 Å². The van der Waals surface area contributed by atoms with Crippen LogP contribution in [0, 0.1) is 23.3 Å². The van der Waals surface area contributed by atoms with E-state index in [4.69, 9.17) is 10.5 Å². The van der Waals surface area contributed by atoms with Gasteiger partial charge in [0, 0.05) is 18.3 Å². The van der Waals surface area contributed by atoms with Crippen LogP contribution in [-0.2, 0) is 9.53 Å². The number of ether oxygens (including phenoxy) is 1. The molecule has 0 saturated carbocycles. The van der Waals surface area contributed by atoms with Gasteiger partial charge in [0.05, 0.1) is 6.61 Å². The van der Waals surface area contributed by atoms with Crippen LogP contribution in [0.5, 0.6) is 0 Å². The first-order valence-corrected chi connectivity index (χ1v) is 9.93. The van der Waals surface area contributed by atoms with Gasteiger partial charge >= 0.3 is 5.97 Å². The van der Waals surface area contributed by atoms with Crippen LogP contribution in [0.4, 0.5) is 0 Å². The summed E-state index contributed by atoms with van der Waals surface area (Å²) in [4.78, 5) is 12.3. The zero-order valence-corrected chi connectivity index (χ0v) is 17.2. The first-order valence-electron chi connectivity index (χ1n) is 9.93. The molecule has 0 fully saturated rings. The number of allylic oxidation sites excluding steroid dienone is 3. The Bertz CT molecular complexity index is 591. The third-order valence-electron chi connectivity index (χ3n) is 4.85. The van der Waals surface area contributed by atoms with Gasteiger partial charge in [-0.15, -0.1) is 0 Å². The molecule has 1 aliphatic rings. The van der Waals surface area contributed by atoms with Crippen LogP contribution >= 0.6 is 0 Å². The van der Waals surface area contributed by atoms with Crippen molar-refractivity contribution in [2.75, 3.05) is 13.2 Å². The molecule has 0 saturated heterocycles. The third kappa shape index (κ3) is 7.15. The molecule has 1 rings (SSSR count). The standard InChI is InChI=1S/C22H36N2O2/c1-6-9-10-17(7-2)16-24-19-13-18(14-22(4,5)15-19)20(11-12-23)21(25)26-8-3/h13,17,24H,6-10,14-16,23H2,1-5H3/b20-18+. The van der Waals surface area contributed by atoms with Crippen molar-refractivity contribution in [3.63, 3.8) is 0 Å². The van der Waals surface area contributed by atoms with Gasteiger partial charge in [-0.25, -0.2) is 4.79 Å². The van der Waals surface area contributed by atoms with E-state index in [1.807, 2.05) is 0 Å². The molecule has 0 radical (unpaired) electrons. The Balaban J connectivity index is 3.04. The molecule has 26 heavy (non-hydrogen) atoms. The van der Waals surface area contributed by atoms with Crippen molar-refractivity contribution in [3.05, 3.63) is 22.9 Å². The molecule has 0 bridgehead atoms. The van der Waals surface area contributed by atoms with Crippen LogP contribution in [-0.4, -0.2) is 19.1 Å². The molecule has 0 amide bonds. The fraction of sp³-hybridized carbons (Fsp3) is 0.682. The maximum absolute atomic E-state index is 12.3. The molecule has 0 spiro atoms. The van der Waals surface area contributed by atoms with E-state index in [-0.39, 0.29) is 11.4 Å². The maximum atomic E-state index is 12.3. The van der Waals surface area contributed by atoms with Crippen molar-refractivity contribution < 1.29 is 9.53 Å². The second kappa shape index (κ2) is 11.0. The van der Waals surface area contributed by atoms with Gasteiger partial charge in [-0.3, -0.25) is 0 Å². The smallest absolute Gasteiger partial charge is 0.347 e. The van der Waals surface area contributed by atoms with Crippen molar-refractivity contribution in [2.24, 2.45) is 17.1 Å². The van der Waals surface area contributed by atoms with Crippen molar-refractivity contribution in [2.45, 2.75) is 73.1 Å². The van der Waals surface area contributed by atoms with Crippen LogP contribution in [0.3, 0.4) is 0 Å². The molecule has 3 N–H and O–H groups in total. The minimum absolute atomic E-state index is 0.0611. The average Bonchev–Trinajstić information content (AvgIpc) is 2.58. The summed E-state index contributed by atoms with van der Waals surface area (Å²) >= 11 is 0. The van der Waals surface area contributed by atoms with Crippen LogP contribution in [0.25, 0.3) is 0 Å². The molecule has 4 heteroatoms. The first-order chi connectivity index (χ1) is 12.4. The Morgan fingerprint density at radius 2 is 2.08 bits per heavy atom. The lowest BCUT2D eigenvalue weighted by Crippen LogP contribution is -2.29. The predicted molar refractivity (Wildman–Crippen MR) is 108 cm³/mol. The molecule has 0 heterocycles. The highest BCUT2D eigenvalue weighted by Crippen LogP contribution is 2.38. The number of nitrogens with one attached hydrogen (secondary N) is 1. The predicted octanol–water partition coefficient (Wildman–Crippen LogP) is 4.28. The van der Waals surface area contributed by atoms with E-state index in [9.17, 15) is 4.79 Å². The van der Waals surface area contributed by atoms with Crippen LogP contribution in [0.1, 0.15) is 73.1 Å². The first kappa shape index (κ1) is 22.2. The van der Waals surface area contributed by atoms with Gasteiger partial charge < -0.3 is 15.8 Å². The summed E-state index contributed by atoms with van der Waals surface area (Å²) < 4.78 is 5.17. The molecule has 0 aliphatic heterocycles. The number of esters is 1. The van der Waals surface area contributed by atoms with E-state index in [0.717, 1.165) is 25.0 Å². The number of carbonyl (C=O) groups excluding carboxylic acids is 1. The van der Waals surface area contributed by atoms with Crippen LogP contribution in [0.15, 0.2) is 22.9 Å². The summed E-state index contributed by atoms with van der Waals surface area (Å²) in [7, 11) is 0. The van der Waals surface area contributed by atoms with Gasteiger partial charge in [-0.2, -0.15) is 0 Å². The molecule has 1 unspecified atom stereocenters. The fourth-order valence-electron chi connectivity index (χ4n) is 3.44. The Labute approximate surface area is 159 Å². The van der Waals surface area contributed by atoms with E-state index in [0.29, 0.717) is 18.1 Å².